The Hall–Kier alpha value is -1.89. The van der Waals surface area contributed by atoms with Gasteiger partial charge in [-0.1, -0.05) is 0 Å². The highest BCUT2D eigenvalue weighted by Crippen LogP contribution is 2.41. The molecular weight excluding hydrogens is 322 g/mol. The second-order valence-electron chi connectivity index (χ2n) is 8.23. The SMILES string of the molecule is CC(C)(C)n1nc(C(=O)NC2(CC(=O)O)CCOCC2)cc1C1CC1. The number of hydrogen-bond acceptors (Lipinski definition) is 4. The van der Waals surface area contributed by atoms with Gasteiger partial charge in [0.25, 0.3) is 5.91 Å². The molecule has 1 aliphatic carbocycles. The molecule has 2 N–H and O–H groups in total. The zero-order chi connectivity index (χ0) is 18.2. The third-order valence-electron chi connectivity index (χ3n) is 4.92. The standard InChI is InChI=1S/C18H27N3O4/c1-17(2,3)21-14(12-4-5-12)10-13(20-21)16(24)19-18(11-15(22)23)6-8-25-9-7-18/h10,12H,4-9,11H2,1-3H3,(H,19,24)(H,22,23). The van der Waals surface area contributed by atoms with E-state index in [0.717, 1.165) is 18.5 Å². The lowest BCUT2D eigenvalue weighted by molar-refractivity contribution is -0.139. The Morgan fingerprint density at radius 1 is 1.36 bits per heavy atom. The number of carbonyl (C=O) groups is 2. The van der Waals surface area contributed by atoms with Gasteiger partial charge in [-0.05, 0) is 52.5 Å². The Balaban J connectivity index is 1.83. The average Bonchev–Trinajstić information content (AvgIpc) is 3.23. The normalized spacial score (nSPS) is 20.3. The predicted molar refractivity (Wildman–Crippen MR) is 91.7 cm³/mol. The molecule has 7 nitrogen and oxygen atoms in total. The number of aliphatic carboxylic acids is 1. The van der Waals surface area contributed by atoms with Crippen LogP contribution in [0.5, 0.6) is 0 Å². The van der Waals surface area contributed by atoms with Crippen LogP contribution in [-0.2, 0) is 15.1 Å². The van der Waals surface area contributed by atoms with Gasteiger partial charge in [-0.25, -0.2) is 0 Å². The lowest BCUT2D eigenvalue weighted by atomic mass is 9.86. The van der Waals surface area contributed by atoms with E-state index in [-0.39, 0.29) is 17.9 Å². The van der Waals surface area contributed by atoms with E-state index in [2.05, 4.69) is 31.2 Å². The van der Waals surface area contributed by atoms with Crippen molar-refractivity contribution in [2.75, 3.05) is 13.2 Å². The number of hydrogen-bond donors (Lipinski definition) is 2. The minimum atomic E-state index is -0.916. The van der Waals surface area contributed by atoms with E-state index in [1.165, 1.54) is 0 Å². The Kier molecular flexibility index (Phi) is 4.62. The van der Waals surface area contributed by atoms with Crippen molar-refractivity contribution in [2.45, 2.75) is 69.9 Å². The highest BCUT2D eigenvalue weighted by Gasteiger charge is 2.38. The summed E-state index contributed by atoms with van der Waals surface area (Å²) in [5.41, 5.74) is 0.505. The van der Waals surface area contributed by atoms with Gasteiger partial charge in [0.15, 0.2) is 0 Å². The van der Waals surface area contributed by atoms with Crippen LogP contribution in [0.3, 0.4) is 0 Å². The monoisotopic (exact) mass is 349 g/mol. The van der Waals surface area contributed by atoms with Crippen LogP contribution in [0.25, 0.3) is 0 Å². The number of amides is 1. The van der Waals surface area contributed by atoms with Crippen LogP contribution in [-0.4, -0.2) is 45.5 Å². The fraction of sp³-hybridized carbons (Fsp3) is 0.722. The van der Waals surface area contributed by atoms with Crippen LogP contribution in [0.4, 0.5) is 0 Å². The molecule has 25 heavy (non-hydrogen) atoms. The number of carbonyl (C=O) groups excluding carboxylic acids is 1. The number of aromatic nitrogens is 2. The molecule has 0 radical (unpaired) electrons. The number of carboxylic acids is 1. The van der Waals surface area contributed by atoms with E-state index in [4.69, 9.17) is 4.74 Å². The van der Waals surface area contributed by atoms with Crippen molar-refractivity contribution in [1.82, 2.24) is 15.1 Å². The maximum absolute atomic E-state index is 12.8. The van der Waals surface area contributed by atoms with Crippen molar-refractivity contribution < 1.29 is 19.4 Å². The van der Waals surface area contributed by atoms with E-state index >= 15 is 0 Å². The molecular formula is C18H27N3O4. The van der Waals surface area contributed by atoms with Gasteiger partial charge in [0.2, 0.25) is 0 Å². The molecule has 0 unspecified atom stereocenters. The van der Waals surface area contributed by atoms with Crippen molar-refractivity contribution in [3.05, 3.63) is 17.5 Å². The van der Waals surface area contributed by atoms with Gasteiger partial charge >= 0.3 is 5.97 Å². The molecule has 1 saturated heterocycles. The van der Waals surface area contributed by atoms with E-state index in [9.17, 15) is 14.7 Å². The topological polar surface area (TPSA) is 93.5 Å². The second kappa shape index (κ2) is 6.44. The summed E-state index contributed by atoms with van der Waals surface area (Å²) in [5, 5.41) is 16.7. The van der Waals surface area contributed by atoms with Crippen LogP contribution in [0.2, 0.25) is 0 Å². The fourth-order valence-electron chi connectivity index (χ4n) is 3.42. The Morgan fingerprint density at radius 2 is 2.00 bits per heavy atom. The summed E-state index contributed by atoms with van der Waals surface area (Å²) in [6.07, 6.45) is 3.16. The molecule has 3 rings (SSSR count). The third-order valence-corrected chi connectivity index (χ3v) is 4.92. The summed E-state index contributed by atoms with van der Waals surface area (Å²) in [6.45, 7) is 7.11. The van der Waals surface area contributed by atoms with Crippen LogP contribution >= 0.6 is 0 Å². The smallest absolute Gasteiger partial charge is 0.305 e. The summed E-state index contributed by atoms with van der Waals surface area (Å²) in [6, 6.07) is 1.87. The quantitative estimate of drug-likeness (QED) is 0.850. The first kappa shape index (κ1) is 17.9. The summed E-state index contributed by atoms with van der Waals surface area (Å²) < 4.78 is 7.28. The molecule has 7 heteroatoms. The van der Waals surface area contributed by atoms with Crippen molar-refractivity contribution in [2.24, 2.45) is 0 Å². The summed E-state index contributed by atoms with van der Waals surface area (Å²) in [7, 11) is 0. The lowest BCUT2D eigenvalue weighted by Gasteiger charge is -2.36. The zero-order valence-electron chi connectivity index (χ0n) is 15.2. The van der Waals surface area contributed by atoms with Crippen molar-refractivity contribution in [3.8, 4) is 0 Å². The van der Waals surface area contributed by atoms with Gasteiger partial charge in [-0.3, -0.25) is 14.3 Å². The Bertz CT molecular complexity index is 664. The molecule has 0 spiro atoms. The molecule has 1 aliphatic heterocycles. The molecule has 2 fully saturated rings. The molecule has 1 aromatic rings. The van der Waals surface area contributed by atoms with Crippen LogP contribution in [0, 0.1) is 0 Å². The number of carboxylic acid groups (broad SMARTS) is 1. The first-order chi connectivity index (χ1) is 11.7. The average molecular weight is 349 g/mol. The molecule has 2 aliphatic rings. The summed E-state index contributed by atoms with van der Waals surface area (Å²) >= 11 is 0. The molecule has 0 atom stereocenters. The maximum Gasteiger partial charge on any atom is 0.305 e. The number of nitrogens with one attached hydrogen (secondary N) is 1. The molecule has 0 aromatic carbocycles. The first-order valence-electron chi connectivity index (χ1n) is 8.93. The largest absolute Gasteiger partial charge is 0.481 e. The molecule has 1 saturated carbocycles. The molecule has 1 amide bonds. The van der Waals surface area contributed by atoms with Crippen LogP contribution in [0.1, 0.15) is 75.0 Å². The van der Waals surface area contributed by atoms with E-state index in [0.29, 0.717) is 37.7 Å². The van der Waals surface area contributed by atoms with E-state index < -0.39 is 11.5 Å². The van der Waals surface area contributed by atoms with Gasteiger partial charge in [0.05, 0.1) is 17.5 Å². The molecule has 1 aromatic heterocycles. The Labute approximate surface area is 147 Å². The Morgan fingerprint density at radius 3 is 2.52 bits per heavy atom. The van der Waals surface area contributed by atoms with E-state index in [1.54, 1.807) is 0 Å². The highest BCUT2D eigenvalue weighted by molar-refractivity contribution is 5.93. The second-order valence-corrected chi connectivity index (χ2v) is 8.23. The minimum absolute atomic E-state index is 0.0996. The summed E-state index contributed by atoms with van der Waals surface area (Å²) in [5.74, 6) is -0.738. The molecule has 138 valence electrons. The maximum atomic E-state index is 12.8. The highest BCUT2D eigenvalue weighted by atomic mass is 16.5. The van der Waals surface area contributed by atoms with Gasteiger partial charge in [0, 0.05) is 24.8 Å². The fourth-order valence-corrected chi connectivity index (χ4v) is 3.42. The predicted octanol–water partition coefficient (Wildman–Crippen LogP) is 2.27. The van der Waals surface area contributed by atoms with E-state index in [1.807, 2.05) is 10.7 Å². The van der Waals surface area contributed by atoms with Crippen molar-refractivity contribution >= 4 is 11.9 Å². The van der Waals surface area contributed by atoms with Gasteiger partial charge in [0.1, 0.15) is 5.69 Å². The van der Waals surface area contributed by atoms with Crippen molar-refractivity contribution in [1.29, 1.82) is 0 Å². The van der Waals surface area contributed by atoms with Crippen molar-refractivity contribution in [3.63, 3.8) is 0 Å². The van der Waals surface area contributed by atoms with Crippen LogP contribution in [0.15, 0.2) is 6.07 Å². The van der Waals surface area contributed by atoms with Gasteiger partial charge < -0.3 is 15.2 Å². The number of ether oxygens (including phenoxy) is 1. The van der Waals surface area contributed by atoms with Gasteiger partial charge in [-0.2, -0.15) is 5.10 Å². The summed E-state index contributed by atoms with van der Waals surface area (Å²) in [4.78, 5) is 24.1. The first-order valence-corrected chi connectivity index (χ1v) is 8.93. The van der Waals surface area contributed by atoms with Crippen LogP contribution < -0.4 is 5.32 Å². The number of rotatable bonds is 5. The lowest BCUT2D eigenvalue weighted by Crippen LogP contribution is -2.53. The molecule has 0 bridgehead atoms. The minimum Gasteiger partial charge on any atom is -0.481 e. The zero-order valence-corrected chi connectivity index (χ0v) is 15.2. The van der Waals surface area contributed by atoms with Gasteiger partial charge in [-0.15, -0.1) is 0 Å². The number of nitrogens with zero attached hydrogens (tertiary/aromatic N) is 2. The molecule has 2 heterocycles. The third kappa shape index (κ3) is 4.03.